The Kier molecular flexibility index (Phi) is 2.73. The summed E-state index contributed by atoms with van der Waals surface area (Å²) in [6.45, 7) is 0.851. The van der Waals surface area contributed by atoms with Gasteiger partial charge in [-0.1, -0.05) is 0 Å². The van der Waals surface area contributed by atoms with Gasteiger partial charge in [-0.05, 0) is 18.9 Å². The zero-order valence-corrected chi connectivity index (χ0v) is 9.56. The van der Waals surface area contributed by atoms with Crippen molar-refractivity contribution in [3.05, 3.63) is 36.0 Å². The average Bonchev–Trinajstić information content (AvgIpc) is 3.09. The molecule has 0 atom stereocenters. The van der Waals surface area contributed by atoms with E-state index in [-0.39, 0.29) is 0 Å². The molecule has 1 saturated carbocycles. The molecule has 0 saturated heterocycles. The Labute approximate surface area is 99.7 Å². The van der Waals surface area contributed by atoms with Crippen LogP contribution >= 0.6 is 0 Å². The molecule has 0 amide bonds. The standard InChI is InChI=1S/C12H15N5/c1-2-9(1)11-7-12(15-8-14-11)13-5-3-10-4-6-16-17-10/h4,6-9H,1-3,5H2,(H,16,17)(H,13,14,15). The maximum atomic E-state index is 4.29. The van der Waals surface area contributed by atoms with Crippen LogP contribution in [-0.4, -0.2) is 26.7 Å². The first kappa shape index (κ1) is 10.3. The highest BCUT2D eigenvalue weighted by molar-refractivity contribution is 5.36. The molecule has 88 valence electrons. The van der Waals surface area contributed by atoms with Gasteiger partial charge in [0.2, 0.25) is 0 Å². The molecule has 0 unspecified atom stereocenters. The first-order valence-electron chi connectivity index (χ1n) is 5.96. The zero-order valence-electron chi connectivity index (χ0n) is 9.56. The minimum Gasteiger partial charge on any atom is -0.370 e. The van der Waals surface area contributed by atoms with Gasteiger partial charge < -0.3 is 5.32 Å². The fraction of sp³-hybridized carbons (Fsp3) is 0.417. The van der Waals surface area contributed by atoms with Crippen LogP contribution in [0, 0.1) is 0 Å². The number of rotatable bonds is 5. The summed E-state index contributed by atoms with van der Waals surface area (Å²) in [6, 6.07) is 4.04. The molecule has 0 spiro atoms. The van der Waals surface area contributed by atoms with E-state index in [1.807, 2.05) is 6.07 Å². The molecule has 1 aliphatic carbocycles. The van der Waals surface area contributed by atoms with Crippen LogP contribution < -0.4 is 5.32 Å². The highest BCUT2D eigenvalue weighted by atomic mass is 15.1. The highest BCUT2D eigenvalue weighted by Crippen LogP contribution is 2.39. The molecule has 0 aromatic carbocycles. The maximum absolute atomic E-state index is 4.29. The number of hydrogen-bond acceptors (Lipinski definition) is 4. The van der Waals surface area contributed by atoms with Crippen LogP contribution in [0.1, 0.15) is 30.1 Å². The summed E-state index contributed by atoms with van der Waals surface area (Å²) in [7, 11) is 0. The highest BCUT2D eigenvalue weighted by Gasteiger charge is 2.25. The molecule has 5 nitrogen and oxygen atoms in total. The number of H-pyrrole nitrogens is 1. The molecule has 0 aliphatic heterocycles. The molecule has 1 fully saturated rings. The van der Waals surface area contributed by atoms with Crippen LogP contribution in [0.15, 0.2) is 24.7 Å². The third-order valence-corrected chi connectivity index (χ3v) is 2.94. The Hall–Kier alpha value is -1.91. The molecule has 2 aromatic rings. The summed E-state index contributed by atoms with van der Waals surface area (Å²) in [6.07, 6.45) is 6.87. The Balaban J connectivity index is 1.55. The molecule has 2 heterocycles. The fourth-order valence-electron chi connectivity index (χ4n) is 1.82. The fourth-order valence-corrected chi connectivity index (χ4v) is 1.82. The Morgan fingerprint density at radius 3 is 3.06 bits per heavy atom. The molecule has 2 aromatic heterocycles. The minimum atomic E-state index is 0.672. The van der Waals surface area contributed by atoms with E-state index in [9.17, 15) is 0 Å². The van der Waals surface area contributed by atoms with Gasteiger partial charge in [-0.2, -0.15) is 5.10 Å². The normalized spacial score (nSPS) is 14.8. The SMILES string of the molecule is c1cc(CCNc2cc(C3CC3)ncn2)[nH]n1. The van der Waals surface area contributed by atoms with Gasteiger partial charge in [0.1, 0.15) is 12.1 Å². The van der Waals surface area contributed by atoms with Crippen LogP contribution in [0.4, 0.5) is 5.82 Å². The first-order valence-corrected chi connectivity index (χ1v) is 5.96. The lowest BCUT2D eigenvalue weighted by molar-refractivity contribution is 0.917. The van der Waals surface area contributed by atoms with E-state index < -0.39 is 0 Å². The number of anilines is 1. The number of hydrogen-bond donors (Lipinski definition) is 2. The zero-order chi connectivity index (χ0) is 11.5. The van der Waals surface area contributed by atoms with Crippen molar-refractivity contribution in [2.45, 2.75) is 25.2 Å². The van der Waals surface area contributed by atoms with E-state index in [0.29, 0.717) is 5.92 Å². The molecule has 17 heavy (non-hydrogen) atoms. The van der Waals surface area contributed by atoms with Crippen molar-refractivity contribution in [2.75, 3.05) is 11.9 Å². The van der Waals surface area contributed by atoms with Gasteiger partial charge in [0, 0.05) is 42.5 Å². The third kappa shape index (κ3) is 2.61. The molecule has 0 bridgehead atoms. The summed E-state index contributed by atoms with van der Waals surface area (Å²) in [5, 5.41) is 10.2. The molecule has 0 radical (unpaired) electrons. The summed E-state index contributed by atoms with van der Waals surface area (Å²) in [5.41, 5.74) is 2.30. The van der Waals surface area contributed by atoms with Crippen LogP contribution in [0.3, 0.4) is 0 Å². The summed E-state index contributed by atoms with van der Waals surface area (Å²) in [4.78, 5) is 8.51. The number of nitrogens with one attached hydrogen (secondary N) is 2. The van der Waals surface area contributed by atoms with Crippen molar-refractivity contribution in [1.29, 1.82) is 0 Å². The molecule has 3 rings (SSSR count). The molecular formula is C12H15N5. The van der Waals surface area contributed by atoms with Crippen molar-refractivity contribution in [3.63, 3.8) is 0 Å². The van der Waals surface area contributed by atoms with Gasteiger partial charge in [0.15, 0.2) is 0 Å². The van der Waals surface area contributed by atoms with Crippen molar-refractivity contribution in [2.24, 2.45) is 0 Å². The molecule has 2 N–H and O–H groups in total. The van der Waals surface area contributed by atoms with Crippen LogP contribution in [-0.2, 0) is 6.42 Å². The predicted molar refractivity (Wildman–Crippen MR) is 64.8 cm³/mol. The monoisotopic (exact) mass is 229 g/mol. The molecule has 5 heteroatoms. The van der Waals surface area contributed by atoms with Crippen molar-refractivity contribution < 1.29 is 0 Å². The second-order valence-electron chi connectivity index (χ2n) is 4.36. The van der Waals surface area contributed by atoms with Gasteiger partial charge in [-0.3, -0.25) is 5.10 Å². The number of nitrogens with zero attached hydrogens (tertiary/aromatic N) is 3. The van der Waals surface area contributed by atoms with E-state index >= 15 is 0 Å². The van der Waals surface area contributed by atoms with E-state index in [1.54, 1.807) is 12.5 Å². The summed E-state index contributed by atoms with van der Waals surface area (Å²) >= 11 is 0. The van der Waals surface area contributed by atoms with Gasteiger partial charge in [-0.25, -0.2) is 9.97 Å². The van der Waals surface area contributed by atoms with Gasteiger partial charge in [0.05, 0.1) is 0 Å². The predicted octanol–water partition coefficient (Wildman–Crippen LogP) is 1.73. The van der Waals surface area contributed by atoms with Gasteiger partial charge in [-0.15, -0.1) is 0 Å². The lowest BCUT2D eigenvalue weighted by Gasteiger charge is -2.05. The van der Waals surface area contributed by atoms with E-state index in [2.05, 4.69) is 31.5 Å². The van der Waals surface area contributed by atoms with E-state index in [4.69, 9.17) is 0 Å². The van der Waals surface area contributed by atoms with Crippen molar-refractivity contribution >= 4 is 5.82 Å². The van der Waals surface area contributed by atoms with Crippen LogP contribution in [0.5, 0.6) is 0 Å². The number of aromatic nitrogens is 4. The first-order chi connectivity index (χ1) is 8.42. The Bertz CT molecular complexity index is 475. The summed E-state index contributed by atoms with van der Waals surface area (Å²) in [5.74, 6) is 1.59. The molecule has 1 aliphatic rings. The second-order valence-corrected chi connectivity index (χ2v) is 4.36. The van der Waals surface area contributed by atoms with E-state index in [1.165, 1.54) is 18.5 Å². The second kappa shape index (κ2) is 4.53. The van der Waals surface area contributed by atoms with Crippen molar-refractivity contribution in [3.8, 4) is 0 Å². The lowest BCUT2D eigenvalue weighted by atomic mass is 10.2. The van der Waals surface area contributed by atoms with Crippen LogP contribution in [0.2, 0.25) is 0 Å². The minimum absolute atomic E-state index is 0.672. The Morgan fingerprint density at radius 1 is 1.35 bits per heavy atom. The van der Waals surface area contributed by atoms with Gasteiger partial charge in [0.25, 0.3) is 0 Å². The van der Waals surface area contributed by atoms with Crippen LogP contribution in [0.25, 0.3) is 0 Å². The van der Waals surface area contributed by atoms with Crippen molar-refractivity contribution in [1.82, 2.24) is 20.2 Å². The summed E-state index contributed by atoms with van der Waals surface area (Å²) < 4.78 is 0. The Morgan fingerprint density at radius 2 is 2.29 bits per heavy atom. The molecular weight excluding hydrogens is 214 g/mol. The van der Waals surface area contributed by atoms with E-state index in [0.717, 1.165) is 24.5 Å². The topological polar surface area (TPSA) is 66.5 Å². The smallest absolute Gasteiger partial charge is 0.129 e. The quantitative estimate of drug-likeness (QED) is 0.819. The third-order valence-electron chi connectivity index (χ3n) is 2.94. The van der Waals surface area contributed by atoms with Gasteiger partial charge >= 0.3 is 0 Å². The number of aromatic amines is 1. The maximum Gasteiger partial charge on any atom is 0.129 e. The average molecular weight is 229 g/mol. The largest absolute Gasteiger partial charge is 0.370 e. The lowest BCUT2D eigenvalue weighted by Crippen LogP contribution is -2.07.